The van der Waals surface area contributed by atoms with E-state index in [2.05, 4.69) is 25.9 Å². The Bertz CT molecular complexity index is 208. The molecule has 0 aromatic heterocycles. The lowest BCUT2D eigenvalue weighted by atomic mass is 9.72. The van der Waals surface area contributed by atoms with E-state index in [1.165, 1.54) is 12.8 Å². The van der Waals surface area contributed by atoms with E-state index >= 15 is 0 Å². The molecule has 0 heterocycles. The summed E-state index contributed by atoms with van der Waals surface area (Å²) < 4.78 is 5.38. The van der Waals surface area contributed by atoms with Gasteiger partial charge in [-0.05, 0) is 39.8 Å². The van der Waals surface area contributed by atoms with E-state index in [-0.39, 0.29) is 11.6 Å². The topological polar surface area (TPSA) is 32.7 Å². The van der Waals surface area contributed by atoms with Gasteiger partial charge in [0.25, 0.3) is 0 Å². The summed E-state index contributed by atoms with van der Waals surface area (Å²) >= 11 is 0. The normalized spacial score (nSPS) is 33.0. The van der Waals surface area contributed by atoms with Crippen LogP contribution in [0.15, 0.2) is 0 Å². The largest absolute Gasteiger partial charge is 0.389 e. The van der Waals surface area contributed by atoms with Crippen molar-refractivity contribution in [3.63, 3.8) is 0 Å². The molecule has 3 unspecified atom stereocenters. The predicted octanol–water partition coefficient (Wildman–Crippen LogP) is 1.89. The number of hydrogen-bond donors (Lipinski definition) is 1. The van der Waals surface area contributed by atoms with Crippen molar-refractivity contribution in [1.82, 2.24) is 4.90 Å². The maximum absolute atomic E-state index is 10.4. The molecule has 0 radical (unpaired) electrons. The van der Waals surface area contributed by atoms with Gasteiger partial charge >= 0.3 is 0 Å². The molecule has 1 rings (SSSR count). The maximum Gasteiger partial charge on any atom is 0.0956 e. The fourth-order valence-electron chi connectivity index (χ4n) is 2.96. The molecular weight excluding hydrogens is 202 g/mol. The van der Waals surface area contributed by atoms with Gasteiger partial charge in [-0.25, -0.2) is 0 Å². The lowest BCUT2D eigenvalue weighted by Gasteiger charge is -2.48. The maximum atomic E-state index is 10.4. The van der Waals surface area contributed by atoms with Crippen LogP contribution in [0, 0.1) is 5.92 Å². The molecule has 1 N–H and O–H groups in total. The van der Waals surface area contributed by atoms with E-state index in [0.29, 0.717) is 19.1 Å². The van der Waals surface area contributed by atoms with Crippen molar-refractivity contribution in [2.75, 3.05) is 27.3 Å². The first-order chi connectivity index (χ1) is 7.53. The van der Waals surface area contributed by atoms with Crippen LogP contribution in [0.4, 0.5) is 0 Å². The first-order valence-corrected chi connectivity index (χ1v) is 6.46. The van der Waals surface area contributed by atoms with Gasteiger partial charge in [0.1, 0.15) is 0 Å². The van der Waals surface area contributed by atoms with Crippen LogP contribution in [-0.2, 0) is 4.74 Å². The minimum Gasteiger partial charge on any atom is -0.389 e. The number of rotatable bonds is 5. The standard InChI is InChI=1S/C13H27NO2/c1-5-16-10-12(15)13(14(3)4)8-6-7-11(2)9-13/h11-12,15H,5-10H2,1-4H3. The van der Waals surface area contributed by atoms with Crippen molar-refractivity contribution in [3.05, 3.63) is 0 Å². The van der Waals surface area contributed by atoms with Crippen molar-refractivity contribution in [3.8, 4) is 0 Å². The predicted molar refractivity (Wildman–Crippen MR) is 66.5 cm³/mol. The second-order valence-corrected chi connectivity index (χ2v) is 5.37. The second kappa shape index (κ2) is 5.99. The van der Waals surface area contributed by atoms with Gasteiger partial charge in [-0.3, -0.25) is 0 Å². The van der Waals surface area contributed by atoms with E-state index in [1.807, 2.05) is 6.92 Å². The average Bonchev–Trinajstić information content (AvgIpc) is 2.25. The van der Waals surface area contributed by atoms with Crippen molar-refractivity contribution >= 4 is 0 Å². The molecule has 1 aliphatic carbocycles. The molecule has 3 heteroatoms. The van der Waals surface area contributed by atoms with Gasteiger partial charge in [-0.1, -0.05) is 19.8 Å². The molecule has 96 valence electrons. The van der Waals surface area contributed by atoms with Crippen molar-refractivity contribution in [2.45, 2.75) is 51.2 Å². The monoisotopic (exact) mass is 229 g/mol. The zero-order valence-electron chi connectivity index (χ0n) is 11.2. The summed E-state index contributed by atoms with van der Waals surface area (Å²) in [6.45, 7) is 5.39. The van der Waals surface area contributed by atoms with Gasteiger partial charge in [0.15, 0.2) is 0 Å². The van der Waals surface area contributed by atoms with E-state index in [1.54, 1.807) is 0 Å². The van der Waals surface area contributed by atoms with Crippen LogP contribution < -0.4 is 0 Å². The van der Waals surface area contributed by atoms with Gasteiger partial charge in [0, 0.05) is 12.1 Å². The summed E-state index contributed by atoms with van der Waals surface area (Å²) in [4.78, 5) is 2.20. The summed E-state index contributed by atoms with van der Waals surface area (Å²) in [6, 6.07) is 0. The Morgan fingerprint density at radius 1 is 1.50 bits per heavy atom. The number of hydrogen-bond acceptors (Lipinski definition) is 3. The smallest absolute Gasteiger partial charge is 0.0956 e. The Labute approximate surface area is 99.8 Å². The fraction of sp³-hybridized carbons (Fsp3) is 1.00. The van der Waals surface area contributed by atoms with Gasteiger partial charge in [-0.15, -0.1) is 0 Å². The van der Waals surface area contributed by atoms with Crippen LogP contribution in [0.5, 0.6) is 0 Å². The third kappa shape index (κ3) is 2.96. The Morgan fingerprint density at radius 3 is 2.69 bits per heavy atom. The zero-order valence-corrected chi connectivity index (χ0v) is 11.2. The van der Waals surface area contributed by atoms with Crippen LogP contribution in [0.25, 0.3) is 0 Å². The van der Waals surface area contributed by atoms with E-state index in [4.69, 9.17) is 4.74 Å². The number of ether oxygens (including phenoxy) is 1. The van der Waals surface area contributed by atoms with Gasteiger partial charge in [0.2, 0.25) is 0 Å². The molecule has 0 saturated heterocycles. The first-order valence-electron chi connectivity index (χ1n) is 6.46. The van der Waals surface area contributed by atoms with Crippen LogP contribution in [-0.4, -0.2) is 49.0 Å². The van der Waals surface area contributed by atoms with Gasteiger partial charge in [0.05, 0.1) is 12.7 Å². The molecule has 0 amide bonds. The Kier molecular flexibility index (Phi) is 5.22. The highest BCUT2D eigenvalue weighted by molar-refractivity contribution is 4.98. The number of aliphatic hydroxyl groups is 1. The highest BCUT2D eigenvalue weighted by Gasteiger charge is 2.42. The Hall–Kier alpha value is -0.120. The van der Waals surface area contributed by atoms with Gasteiger partial charge in [-0.2, -0.15) is 0 Å². The highest BCUT2D eigenvalue weighted by atomic mass is 16.5. The van der Waals surface area contributed by atoms with Crippen LogP contribution >= 0.6 is 0 Å². The van der Waals surface area contributed by atoms with Crippen LogP contribution in [0.1, 0.15) is 39.5 Å². The molecule has 0 aliphatic heterocycles. The van der Waals surface area contributed by atoms with Crippen LogP contribution in [0.2, 0.25) is 0 Å². The Morgan fingerprint density at radius 2 is 2.19 bits per heavy atom. The van der Waals surface area contributed by atoms with Crippen molar-refractivity contribution in [2.24, 2.45) is 5.92 Å². The number of likely N-dealkylation sites (N-methyl/N-ethyl adjacent to an activating group) is 1. The number of nitrogens with zero attached hydrogens (tertiary/aromatic N) is 1. The highest BCUT2D eigenvalue weighted by Crippen LogP contribution is 2.38. The molecule has 0 spiro atoms. The Balaban J connectivity index is 2.70. The lowest BCUT2D eigenvalue weighted by Crippen LogP contribution is -2.57. The molecule has 16 heavy (non-hydrogen) atoms. The van der Waals surface area contributed by atoms with Crippen molar-refractivity contribution < 1.29 is 9.84 Å². The average molecular weight is 229 g/mol. The molecular formula is C13H27NO2. The summed E-state index contributed by atoms with van der Waals surface area (Å²) in [5.41, 5.74) is -0.0766. The van der Waals surface area contributed by atoms with Crippen LogP contribution in [0.3, 0.4) is 0 Å². The SMILES string of the molecule is CCOCC(O)C1(N(C)C)CCCC(C)C1. The number of aliphatic hydroxyl groups excluding tert-OH is 1. The molecule has 1 saturated carbocycles. The molecule has 1 aliphatic rings. The van der Waals surface area contributed by atoms with Crippen molar-refractivity contribution in [1.29, 1.82) is 0 Å². The van der Waals surface area contributed by atoms with E-state index < -0.39 is 0 Å². The quantitative estimate of drug-likeness (QED) is 0.781. The molecule has 1 fully saturated rings. The minimum absolute atomic E-state index is 0.0766. The molecule has 0 aromatic rings. The fourth-order valence-corrected chi connectivity index (χ4v) is 2.96. The summed E-state index contributed by atoms with van der Waals surface area (Å²) in [7, 11) is 4.15. The van der Waals surface area contributed by atoms with E-state index in [9.17, 15) is 5.11 Å². The van der Waals surface area contributed by atoms with E-state index in [0.717, 1.165) is 12.8 Å². The lowest BCUT2D eigenvalue weighted by molar-refractivity contribution is -0.0795. The second-order valence-electron chi connectivity index (χ2n) is 5.37. The third-order valence-corrected chi connectivity index (χ3v) is 4.00. The zero-order chi connectivity index (χ0) is 12.2. The first kappa shape index (κ1) is 13.9. The third-order valence-electron chi connectivity index (χ3n) is 4.00. The molecule has 0 aromatic carbocycles. The minimum atomic E-state index is -0.370. The molecule has 3 atom stereocenters. The summed E-state index contributed by atoms with van der Waals surface area (Å²) in [6.07, 6.45) is 4.29. The summed E-state index contributed by atoms with van der Waals surface area (Å²) in [5.74, 6) is 0.701. The molecule has 0 bridgehead atoms. The summed E-state index contributed by atoms with van der Waals surface area (Å²) in [5, 5.41) is 10.4. The van der Waals surface area contributed by atoms with Gasteiger partial charge < -0.3 is 14.7 Å². The molecule has 3 nitrogen and oxygen atoms in total.